The average Bonchev–Trinajstić information content (AvgIpc) is 2.76. The number of nitrogens with one attached hydrogen (secondary N) is 2. The molecule has 0 bridgehead atoms. The molecule has 7 nitrogen and oxygen atoms in total. The summed E-state index contributed by atoms with van der Waals surface area (Å²) in [5.41, 5.74) is 1.29. The number of guanidine groups is 1. The van der Waals surface area contributed by atoms with Crippen molar-refractivity contribution in [1.29, 1.82) is 0 Å². The number of likely N-dealkylation sites (tertiary alicyclic amines) is 1. The van der Waals surface area contributed by atoms with Crippen LogP contribution in [-0.2, 0) is 11.3 Å². The topological polar surface area (TPSA) is 65.0 Å². The van der Waals surface area contributed by atoms with Crippen molar-refractivity contribution in [3.63, 3.8) is 0 Å². The maximum atomic E-state index is 5.65. The summed E-state index contributed by atoms with van der Waals surface area (Å²) in [6.45, 7) is 16.2. The number of pyridine rings is 1. The fourth-order valence-electron chi connectivity index (χ4n) is 4.18. The third-order valence-electron chi connectivity index (χ3n) is 6.04. The predicted molar refractivity (Wildman–Crippen MR) is 124 cm³/mol. The van der Waals surface area contributed by atoms with Crippen LogP contribution in [0, 0.1) is 0 Å². The minimum atomic E-state index is 0.119. The lowest BCUT2D eigenvalue weighted by molar-refractivity contribution is 0.0529. The van der Waals surface area contributed by atoms with E-state index in [2.05, 4.69) is 65.2 Å². The summed E-state index contributed by atoms with van der Waals surface area (Å²) in [4.78, 5) is 14.3. The van der Waals surface area contributed by atoms with Crippen molar-refractivity contribution in [1.82, 2.24) is 20.5 Å². The normalized spacial score (nSPS) is 21.5. The van der Waals surface area contributed by atoms with E-state index in [4.69, 9.17) is 9.73 Å². The maximum absolute atomic E-state index is 5.65. The maximum Gasteiger partial charge on any atom is 0.191 e. The molecule has 2 saturated heterocycles. The highest BCUT2D eigenvalue weighted by atomic mass is 16.5. The number of nitrogens with zero attached hydrogens (tertiary/aromatic N) is 4. The molecule has 1 atom stereocenters. The molecule has 0 aliphatic carbocycles. The van der Waals surface area contributed by atoms with Crippen molar-refractivity contribution in [3.8, 4) is 0 Å². The van der Waals surface area contributed by atoms with Crippen molar-refractivity contribution in [2.45, 2.75) is 65.1 Å². The minimum absolute atomic E-state index is 0.119. The van der Waals surface area contributed by atoms with Crippen molar-refractivity contribution in [2.75, 3.05) is 50.8 Å². The molecule has 30 heavy (non-hydrogen) atoms. The molecule has 7 heteroatoms. The second kappa shape index (κ2) is 11.0. The van der Waals surface area contributed by atoms with E-state index < -0.39 is 0 Å². The molecule has 1 aromatic rings. The molecular weight excluding hydrogens is 376 g/mol. The zero-order valence-electron chi connectivity index (χ0n) is 19.3. The van der Waals surface area contributed by atoms with Crippen molar-refractivity contribution in [3.05, 3.63) is 23.9 Å². The first kappa shape index (κ1) is 22.8. The molecular formula is C23H40N6O. The largest absolute Gasteiger partial charge is 0.375 e. The SMILES string of the molecule is CCNC(=NCc1ccnc(N2CCOC(C)C2)c1)NCC(C)(C)N1CCCCC1. The number of morpholine rings is 1. The molecule has 3 rings (SSSR count). The average molecular weight is 417 g/mol. The molecule has 1 aromatic heterocycles. The molecule has 0 aromatic carbocycles. The molecule has 2 N–H and O–H groups in total. The van der Waals surface area contributed by atoms with E-state index in [-0.39, 0.29) is 11.6 Å². The minimum Gasteiger partial charge on any atom is -0.375 e. The van der Waals surface area contributed by atoms with Gasteiger partial charge >= 0.3 is 0 Å². The lowest BCUT2D eigenvalue weighted by Gasteiger charge is -2.41. The van der Waals surface area contributed by atoms with Gasteiger partial charge in [-0.15, -0.1) is 0 Å². The van der Waals surface area contributed by atoms with Crippen molar-refractivity contribution >= 4 is 11.8 Å². The number of aromatic nitrogens is 1. The number of rotatable bonds is 7. The standard InChI is InChI=1S/C23H40N6O/c1-5-24-22(27-18-23(3,4)29-11-7-6-8-12-29)26-16-20-9-10-25-21(15-20)28-13-14-30-19(2)17-28/h9-10,15,19H,5-8,11-14,16-18H2,1-4H3,(H2,24,26,27). The van der Waals surface area contributed by atoms with Crippen LogP contribution < -0.4 is 15.5 Å². The number of hydrogen-bond donors (Lipinski definition) is 2. The van der Waals surface area contributed by atoms with E-state index in [0.29, 0.717) is 6.54 Å². The molecule has 2 aliphatic rings. The summed E-state index contributed by atoms with van der Waals surface area (Å²) in [7, 11) is 0. The van der Waals surface area contributed by atoms with Gasteiger partial charge in [-0.2, -0.15) is 0 Å². The molecule has 2 aliphatic heterocycles. The number of hydrogen-bond acceptors (Lipinski definition) is 5. The Morgan fingerprint density at radius 1 is 1.23 bits per heavy atom. The first-order chi connectivity index (χ1) is 14.5. The molecule has 1 unspecified atom stereocenters. The lowest BCUT2D eigenvalue weighted by atomic mass is 9.98. The van der Waals surface area contributed by atoms with Crippen LogP contribution in [0.4, 0.5) is 5.82 Å². The van der Waals surface area contributed by atoms with Gasteiger partial charge in [-0.25, -0.2) is 9.98 Å². The van der Waals surface area contributed by atoms with Gasteiger partial charge in [-0.1, -0.05) is 6.42 Å². The van der Waals surface area contributed by atoms with Crippen LogP contribution in [0.2, 0.25) is 0 Å². The molecule has 168 valence electrons. The Labute approximate surface area is 182 Å². The van der Waals surface area contributed by atoms with E-state index in [1.165, 1.54) is 37.9 Å². The van der Waals surface area contributed by atoms with E-state index in [1.807, 2.05) is 6.20 Å². The molecule has 0 saturated carbocycles. The molecule has 3 heterocycles. The van der Waals surface area contributed by atoms with Gasteiger partial charge in [0.05, 0.1) is 19.3 Å². The van der Waals surface area contributed by atoms with E-state index in [9.17, 15) is 0 Å². The Morgan fingerprint density at radius 2 is 2.03 bits per heavy atom. The second-order valence-corrected chi connectivity index (χ2v) is 9.06. The van der Waals surface area contributed by atoms with Crippen LogP contribution in [0.5, 0.6) is 0 Å². The van der Waals surface area contributed by atoms with Crippen LogP contribution >= 0.6 is 0 Å². The first-order valence-electron chi connectivity index (χ1n) is 11.6. The molecule has 0 amide bonds. The Bertz CT molecular complexity index is 686. The monoisotopic (exact) mass is 416 g/mol. The second-order valence-electron chi connectivity index (χ2n) is 9.06. The lowest BCUT2D eigenvalue weighted by Crippen LogP contribution is -2.54. The molecule has 0 spiro atoms. The zero-order valence-corrected chi connectivity index (χ0v) is 19.3. The van der Waals surface area contributed by atoms with Crippen LogP contribution in [-0.4, -0.2) is 73.4 Å². The van der Waals surface area contributed by atoms with E-state index in [1.54, 1.807) is 0 Å². The third-order valence-corrected chi connectivity index (χ3v) is 6.04. The predicted octanol–water partition coefficient (Wildman–Crippen LogP) is 2.63. The van der Waals surface area contributed by atoms with E-state index >= 15 is 0 Å². The van der Waals surface area contributed by atoms with Crippen molar-refractivity contribution in [2.24, 2.45) is 4.99 Å². The van der Waals surface area contributed by atoms with Crippen LogP contribution in [0.15, 0.2) is 23.3 Å². The summed E-state index contributed by atoms with van der Waals surface area (Å²) < 4.78 is 5.65. The van der Waals surface area contributed by atoms with Gasteiger partial charge in [0.25, 0.3) is 0 Å². The third kappa shape index (κ3) is 6.57. The number of ether oxygens (including phenoxy) is 1. The smallest absolute Gasteiger partial charge is 0.191 e. The van der Waals surface area contributed by atoms with Gasteiger partial charge in [0.1, 0.15) is 5.82 Å². The number of aliphatic imine (C=N–C) groups is 1. The van der Waals surface area contributed by atoms with E-state index in [0.717, 1.165) is 44.6 Å². The highest BCUT2D eigenvalue weighted by Gasteiger charge is 2.27. The fourth-order valence-corrected chi connectivity index (χ4v) is 4.18. The quantitative estimate of drug-likeness (QED) is 0.526. The van der Waals surface area contributed by atoms with Gasteiger partial charge in [-0.3, -0.25) is 4.90 Å². The Balaban J connectivity index is 1.59. The number of anilines is 1. The Kier molecular flexibility index (Phi) is 8.33. The van der Waals surface area contributed by atoms with Crippen LogP contribution in [0.25, 0.3) is 0 Å². The van der Waals surface area contributed by atoms with Gasteiger partial charge in [0, 0.05) is 37.9 Å². The highest BCUT2D eigenvalue weighted by molar-refractivity contribution is 5.79. The van der Waals surface area contributed by atoms with Gasteiger partial charge in [-0.05, 0) is 71.3 Å². The van der Waals surface area contributed by atoms with Crippen LogP contribution in [0.3, 0.4) is 0 Å². The first-order valence-corrected chi connectivity index (χ1v) is 11.6. The summed E-state index contributed by atoms with van der Waals surface area (Å²) in [5, 5.41) is 6.96. The Hall–Kier alpha value is -1.86. The van der Waals surface area contributed by atoms with Gasteiger partial charge in [0.15, 0.2) is 5.96 Å². The zero-order chi connectivity index (χ0) is 21.4. The molecule has 2 fully saturated rings. The summed E-state index contributed by atoms with van der Waals surface area (Å²) in [6.07, 6.45) is 6.12. The number of piperidine rings is 1. The molecule has 0 radical (unpaired) electrons. The summed E-state index contributed by atoms with van der Waals surface area (Å²) in [5.74, 6) is 1.89. The Morgan fingerprint density at radius 3 is 2.77 bits per heavy atom. The summed E-state index contributed by atoms with van der Waals surface area (Å²) >= 11 is 0. The summed E-state index contributed by atoms with van der Waals surface area (Å²) in [6, 6.07) is 4.21. The van der Waals surface area contributed by atoms with Crippen molar-refractivity contribution < 1.29 is 4.74 Å². The highest BCUT2D eigenvalue weighted by Crippen LogP contribution is 2.20. The van der Waals surface area contributed by atoms with Gasteiger partial charge in [0.2, 0.25) is 0 Å². The fraction of sp³-hybridized carbons (Fsp3) is 0.739. The van der Waals surface area contributed by atoms with Crippen LogP contribution in [0.1, 0.15) is 52.5 Å². The van der Waals surface area contributed by atoms with Gasteiger partial charge < -0.3 is 20.3 Å².